The molecule has 0 aliphatic carbocycles. The highest BCUT2D eigenvalue weighted by atomic mass is 19.3. The second-order valence-corrected chi connectivity index (χ2v) is 3.52. The summed E-state index contributed by atoms with van der Waals surface area (Å²) in [6.45, 7) is 1.61. The van der Waals surface area contributed by atoms with Crippen molar-refractivity contribution in [1.82, 2.24) is 0 Å². The van der Waals surface area contributed by atoms with Crippen LogP contribution in [0.15, 0.2) is 12.2 Å². The first-order chi connectivity index (χ1) is 7.33. The lowest BCUT2D eigenvalue weighted by molar-refractivity contribution is -0.311. The Kier molecular flexibility index (Phi) is 4.25. The van der Waals surface area contributed by atoms with E-state index < -0.39 is 30.3 Å². The molecule has 8 heteroatoms. The molecule has 100 valence electrons. The smallest absolute Gasteiger partial charge is 0.375 e. The van der Waals surface area contributed by atoms with Gasteiger partial charge < -0.3 is 4.74 Å². The summed E-state index contributed by atoms with van der Waals surface area (Å²) in [5, 5.41) is 0. The minimum atomic E-state index is -5.62. The molecule has 17 heavy (non-hydrogen) atoms. The van der Waals surface area contributed by atoms with E-state index in [0.717, 1.165) is 6.92 Å². The molecule has 0 aliphatic rings. The molecule has 0 aromatic heterocycles. The largest absolute Gasteiger partial charge is 0.456 e. The molecule has 0 radical (unpaired) electrons. The Morgan fingerprint density at radius 2 is 1.59 bits per heavy atom. The number of rotatable bonds is 5. The van der Waals surface area contributed by atoms with E-state index in [2.05, 4.69) is 11.3 Å². The highest BCUT2D eigenvalue weighted by Gasteiger charge is 2.69. The fourth-order valence-electron chi connectivity index (χ4n) is 0.691. The first kappa shape index (κ1) is 15.8. The van der Waals surface area contributed by atoms with Gasteiger partial charge in [-0.25, -0.2) is 4.79 Å². The number of hydrogen-bond acceptors (Lipinski definition) is 2. The molecule has 0 saturated carbocycles. The lowest BCUT2D eigenvalue weighted by atomic mass is 10.1. The van der Waals surface area contributed by atoms with Gasteiger partial charge in [-0.15, -0.1) is 0 Å². The summed E-state index contributed by atoms with van der Waals surface area (Å²) in [4.78, 5) is 10.7. The van der Waals surface area contributed by atoms with Gasteiger partial charge in [0.1, 0.15) is 0 Å². The maximum atomic E-state index is 12.8. The first-order valence-electron chi connectivity index (χ1n) is 4.29. The number of hydrogen-bond donors (Lipinski definition) is 0. The van der Waals surface area contributed by atoms with Gasteiger partial charge in [0.2, 0.25) is 0 Å². The SMILES string of the molecule is C=C(C)C(=O)OCC(F)(F)C(F)(F)C(C)(F)F. The maximum Gasteiger partial charge on any atom is 0.375 e. The molecule has 2 nitrogen and oxygen atoms in total. The molecular weight excluding hydrogens is 254 g/mol. The van der Waals surface area contributed by atoms with Crippen LogP contribution in [0, 0.1) is 0 Å². The standard InChI is InChI=1S/C9H10F6O2/c1-5(2)6(16)17-4-8(12,13)9(14,15)7(3,10)11/h1,4H2,2-3H3. The van der Waals surface area contributed by atoms with Crippen LogP contribution in [0.5, 0.6) is 0 Å². The summed E-state index contributed by atoms with van der Waals surface area (Å²) in [5.41, 5.74) is -0.313. The van der Waals surface area contributed by atoms with Crippen molar-refractivity contribution in [3.05, 3.63) is 12.2 Å². The predicted molar refractivity (Wildman–Crippen MR) is 46.3 cm³/mol. The van der Waals surface area contributed by atoms with Crippen LogP contribution >= 0.6 is 0 Å². The summed E-state index contributed by atoms with van der Waals surface area (Å²) in [6.07, 6.45) is 0. The van der Waals surface area contributed by atoms with Crippen LogP contribution in [0.3, 0.4) is 0 Å². The first-order valence-corrected chi connectivity index (χ1v) is 4.29. The van der Waals surface area contributed by atoms with Gasteiger partial charge in [-0.1, -0.05) is 6.58 Å². The van der Waals surface area contributed by atoms with E-state index in [0.29, 0.717) is 0 Å². The van der Waals surface area contributed by atoms with Crippen LogP contribution in [0.25, 0.3) is 0 Å². The highest BCUT2D eigenvalue weighted by molar-refractivity contribution is 5.86. The molecule has 0 N–H and O–H groups in total. The van der Waals surface area contributed by atoms with Crippen molar-refractivity contribution in [2.24, 2.45) is 0 Å². The zero-order valence-corrected chi connectivity index (χ0v) is 9.00. The Bertz CT molecular complexity index is 318. The van der Waals surface area contributed by atoms with Gasteiger partial charge in [0, 0.05) is 12.5 Å². The molecule has 0 aromatic carbocycles. The lowest BCUT2D eigenvalue weighted by Gasteiger charge is -2.30. The van der Waals surface area contributed by atoms with Crippen LogP contribution in [-0.4, -0.2) is 30.3 Å². The molecule has 0 heterocycles. The highest BCUT2D eigenvalue weighted by Crippen LogP contribution is 2.45. The van der Waals surface area contributed by atoms with Gasteiger partial charge in [0.25, 0.3) is 0 Å². The zero-order valence-electron chi connectivity index (χ0n) is 9.00. The Labute approximate surface area is 93.2 Å². The molecule has 0 fully saturated rings. The van der Waals surface area contributed by atoms with Crippen LogP contribution in [0.4, 0.5) is 26.3 Å². The van der Waals surface area contributed by atoms with E-state index in [-0.39, 0.29) is 12.5 Å². The minimum absolute atomic E-state index is 0.313. The molecule has 0 atom stereocenters. The van der Waals surface area contributed by atoms with Crippen molar-refractivity contribution < 1.29 is 35.9 Å². The molecule has 0 amide bonds. The lowest BCUT2D eigenvalue weighted by Crippen LogP contribution is -2.55. The molecular formula is C9H10F6O2. The second-order valence-electron chi connectivity index (χ2n) is 3.52. The van der Waals surface area contributed by atoms with Gasteiger partial charge in [0.15, 0.2) is 6.61 Å². The number of esters is 1. The normalized spacial score (nSPS) is 13.4. The van der Waals surface area contributed by atoms with Crippen molar-refractivity contribution in [3.63, 3.8) is 0 Å². The van der Waals surface area contributed by atoms with E-state index in [1.165, 1.54) is 0 Å². The number of ether oxygens (including phenoxy) is 1. The van der Waals surface area contributed by atoms with E-state index >= 15 is 0 Å². The number of halogens is 6. The van der Waals surface area contributed by atoms with Crippen molar-refractivity contribution >= 4 is 5.97 Å². The third-order valence-electron chi connectivity index (χ3n) is 1.74. The van der Waals surface area contributed by atoms with E-state index in [1.54, 1.807) is 0 Å². The topological polar surface area (TPSA) is 26.3 Å². The molecule has 0 saturated heterocycles. The molecule has 0 spiro atoms. The van der Waals surface area contributed by atoms with Crippen molar-refractivity contribution in [2.45, 2.75) is 31.6 Å². The van der Waals surface area contributed by atoms with E-state index in [4.69, 9.17) is 0 Å². The Morgan fingerprint density at radius 3 is 1.88 bits per heavy atom. The Balaban J connectivity index is 4.80. The van der Waals surface area contributed by atoms with Crippen molar-refractivity contribution in [3.8, 4) is 0 Å². The molecule has 0 aliphatic heterocycles. The molecule has 0 unspecified atom stereocenters. The summed E-state index contributed by atoms with van der Waals surface area (Å²) in [6, 6.07) is 0. The zero-order chi connectivity index (χ0) is 14.1. The second kappa shape index (κ2) is 4.58. The number of alkyl halides is 6. The van der Waals surface area contributed by atoms with E-state index in [9.17, 15) is 31.1 Å². The predicted octanol–water partition coefficient (Wildman–Crippen LogP) is 3.03. The third kappa shape index (κ3) is 3.37. The fourth-order valence-corrected chi connectivity index (χ4v) is 0.691. The van der Waals surface area contributed by atoms with Crippen molar-refractivity contribution in [2.75, 3.05) is 6.61 Å². The fraction of sp³-hybridized carbons (Fsp3) is 0.667. The molecule has 0 bridgehead atoms. The van der Waals surface area contributed by atoms with Gasteiger partial charge >= 0.3 is 23.7 Å². The Morgan fingerprint density at radius 1 is 1.18 bits per heavy atom. The minimum Gasteiger partial charge on any atom is -0.456 e. The van der Waals surface area contributed by atoms with Crippen LogP contribution < -0.4 is 0 Å². The molecule has 0 rings (SSSR count). The summed E-state index contributed by atoms with van der Waals surface area (Å²) in [5.74, 6) is -17.1. The number of carbonyl (C=O) groups excluding carboxylic acids is 1. The van der Waals surface area contributed by atoms with E-state index in [1.807, 2.05) is 0 Å². The quantitative estimate of drug-likeness (QED) is 0.433. The van der Waals surface area contributed by atoms with Gasteiger partial charge in [-0.05, 0) is 6.92 Å². The van der Waals surface area contributed by atoms with Gasteiger partial charge in [-0.2, -0.15) is 26.3 Å². The van der Waals surface area contributed by atoms with Gasteiger partial charge in [-0.3, -0.25) is 0 Å². The van der Waals surface area contributed by atoms with Gasteiger partial charge in [0.05, 0.1) is 0 Å². The molecule has 0 aromatic rings. The average Bonchev–Trinajstić information content (AvgIpc) is 2.11. The average molecular weight is 264 g/mol. The summed E-state index contributed by atoms with van der Waals surface area (Å²) >= 11 is 0. The maximum absolute atomic E-state index is 12.8. The Hall–Kier alpha value is -1.21. The van der Waals surface area contributed by atoms with Crippen molar-refractivity contribution in [1.29, 1.82) is 0 Å². The third-order valence-corrected chi connectivity index (χ3v) is 1.74. The van der Waals surface area contributed by atoms with Crippen LogP contribution in [-0.2, 0) is 9.53 Å². The monoisotopic (exact) mass is 264 g/mol. The number of carbonyl (C=O) groups is 1. The van der Waals surface area contributed by atoms with Crippen LogP contribution in [0.2, 0.25) is 0 Å². The summed E-state index contributed by atoms with van der Waals surface area (Å²) < 4.78 is 79.2. The van der Waals surface area contributed by atoms with Crippen LogP contribution in [0.1, 0.15) is 13.8 Å². The summed E-state index contributed by atoms with van der Waals surface area (Å²) in [7, 11) is 0.